The molecule has 0 saturated carbocycles. The second-order valence-corrected chi connectivity index (χ2v) is 3.92. The first kappa shape index (κ1) is 13.8. The van der Waals surface area contributed by atoms with Crippen molar-refractivity contribution >= 4 is 0 Å². The van der Waals surface area contributed by atoms with Gasteiger partial charge in [0.25, 0.3) is 0 Å². The van der Waals surface area contributed by atoms with Gasteiger partial charge in [-0.05, 0) is 31.5 Å². The number of phenolic OH excluding ortho intramolecular Hbond substituents is 1. The number of benzene rings is 1. The molecule has 96 valence electrons. The molecule has 1 fully saturated rings. The van der Waals surface area contributed by atoms with Gasteiger partial charge in [0.2, 0.25) is 0 Å². The highest BCUT2D eigenvalue weighted by Gasteiger charge is 2.31. The lowest BCUT2D eigenvalue weighted by Gasteiger charge is -2.14. The number of halogens is 3. The van der Waals surface area contributed by atoms with Gasteiger partial charge in [-0.2, -0.15) is 13.2 Å². The van der Waals surface area contributed by atoms with Gasteiger partial charge >= 0.3 is 6.18 Å². The number of hydrogen-bond acceptors (Lipinski definition) is 2. The summed E-state index contributed by atoms with van der Waals surface area (Å²) >= 11 is 0. The van der Waals surface area contributed by atoms with Gasteiger partial charge < -0.3 is 10.4 Å². The summed E-state index contributed by atoms with van der Waals surface area (Å²) < 4.78 is 37.1. The molecule has 1 atom stereocenters. The van der Waals surface area contributed by atoms with Crippen molar-refractivity contribution < 1.29 is 18.3 Å². The fraction of sp³-hybridized carbons (Fsp3) is 0.500. The maximum atomic E-state index is 12.4. The van der Waals surface area contributed by atoms with Crippen LogP contribution in [0, 0.1) is 0 Å². The lowest BCUT2D eigenvalue weighted by atomic mass is 10.0. The van der Waals surface area contributed by atoms with E-state index < -0.39 is 11.7 Å². The normalized spacial score (nSPS) is 20.1. The third kappa shape index (κ3) is 2.91. The number of aromatic hydroxyl groups is 1. The van der Waals surface area contributed by atoms with E-state index in [1.165, 1.54) is 6.07 Å². The molecule has 0 radical (unpaired) electrons. The Labute approximate surface area is 98.5 Å². The molecule has 2 N–H and O–H groups in total. The van der Waals surface area contributed by atoms with Crippen LogP contribution in [0.3, 0.4) is 0 Å². The van der Waals surface area contributed by atoms with Crippen LogP contribution in [0.2, 0.25) is 0 Å². The number of rotatable bonds is 1. The first-order valence-corrected chi connectivity index (χ1v) is 5.12. The zero-order valence-corrected chi connectivity index (χ0v) is 8.51. The van der Waals surface area contributed by atoms with E-state index in [2.05, 4.69) is 5.32 Å². The van der Waals surface area contributed by atoms with Gasteiger partial charge in [-0.1, -0.05) is 13.5 Å². The molecule has 1 aliphatic heterocycles. The summed E-state index contributed by atoms with van der Waals surface area (Å²) in [7, 11) is 0. The Bertz CT molecular complexity index is 384. The second-order valence-electron chi connectivity index (χ2n) is 3.92. The SMILES string of the molecule is C.Oc1cc(C(F)(F)F)ccc1C1CCCN1. The molecule has 1 unspecified atom stereocenters. The third-order valence-corrected chi connectivity index (χ3v) is 2.79. The predicted octanol–water partition coefficient (Wildman–Crippen LogP) is 3.47. The second kappa shape index (κ2) is 4.96. The van der Waals surface area contributed by atoms with Crippen molar-refractivity contribution in [1.82, 2.24) is 5.32 Å². The molecule has 5 heteroatoms. The highest BCUT2D eigenvalue weighted by molar-refractivity contribution is 5.39. The minimum absolute atomic E-state index is 0. The summed E-state index contributed by atoms with van der Waals surface area (Å²) in [6.45, 7) is 0.838. The number of phenols is 1. The van der Waals surface area contributed by atoms with Crippen LogP contribution in [0.15, 0.2) is 18.2 Å². The van der Waals surface area contributed by atoms with Crippen molar-refractivity contribution in [3.8, 4) is 5.75 Å². The smallest absolute Gasteiger partial charge is 0.416 e. The van der Waals surface area contributed by atoms with Gasteiger partial charge in [0.15, 0.2) is 0 Å². The van der Waals surface area contributed by atoms with Crippen molar-refractivity contribution in [2.24, 2.45) is 0 Å². The Morgan fingerprint density at radius 2 is 2.00 bits per heavy atom. The Hall–Kier alpha value is -1.23. The van der Waals surface area contributed by atoms with Crippen LogP contribution in [0.5, 0.6) is 5.75 Å². The Balaban J connectivity index is 0.00000144. The molecule has 2 nitrogen and oxygen atoms in total. The van der Waals surface area contributed by atoms with Crippen LogP contribution in [-0.2, 0) is 6.18 Å². The van der Waals surface area contributed by atoms with Crippen LogP contribution in [0.25, 0.3) is 0 Å². The van der Waals surface area contributed by atoms with Gasteiger partial charge in [0.05, 0.1) is 5.56 Å². The molecule has 1 aromatic rings. The molecule has 1 aromatic carbocycles. The molecule has 2 rings (SSSR count). The van der Waals surface area contributed by atoms with Gasteiger partial charge in [0, 0.05) is 11.6 Å². The highest BCUT2D eigenvalue weighted by Crippen LogP contribution is 2.36. The van der Waals surface area contributed by atoms with Crippen molar-refractivity contribution in [2.75, 3.05) is 6.54 Å². The van der Waals surface area contributed by atoms with Gasteiger partial charge in [0.1, 0.15) is 5.75 Å². The average Bonchev–Trinajstić information content (AvgIpc) is 2.69. The van der Waals surface area contributed by atoms with Crippen molar-refractivity contribution in [3.05, 3.63) is 29.3 Å². The molecule has 0 aromatic heterocycles. The van der Waals surface area contributed by atoms with Gasteiger partial charge in [-0.25, -0.2) is 0 Å². The summed E-state index contributed by atoms with van der Waals surface area (Å²) in [5.41, 5.74) is -0.266. The van der Waals surface area contributed by atoms with E-state index in [0.29, 0.717) is 5.56 Å². The summed E-state index contributed by atoms with van der Waals surface area (Å²) in [5.74, 6) is -0.283. The molecule has 1 heterocycles. The molecule has 0 bridgehead atoms. The predicted molar refractivity (Wildman–Crippen MR) is 59.8 cm³/mol. The van der Waals surface area contributed by atoms with E-state index in [4.69, 9.17) is 0 Å². The lowest BCUT2D eigenvalue weighted by Crippen LogP contribution is -2.13. The van der Waals surface area contributed by atoms with Crippen molar-refractivity contribution in [2.45, 2.75) is 32.5 Å². The minimum atomic E-state index is -4.40. The van der Waals surface area contributed by atoms with E-state index in [1.54, 1.807) is 0 Å². The summed E-state index contributed by atoms with van der Waals surface area (Å²) in [6.07, 6.45) is -2.58. The highest BCUT2D eigenvalue weighted by atomic mass is 19.4. The van der Waals surface area contributed by atoms with Crippen LogP contribution in [0.4, 0.5) is 13.2 Å². The third-order valence-electron chi connectivity index (χ3n) is 2.79. The zero-order valence-electron chi connectivity index (χ0n) is 8.51. The first-order valence-electron chi connectivity index (χ1n) is 5.12. The fourth-order valence-corrected chi connectivity index (χ4v) is 1.96. The standard InChI is InChI=1S/C11H12F3NO.CH4/c12-11(13,14)7-3-4-8(10(16)6-7)9-2-1-5-15-9;/h3-4,6,9,15-16H,1-2,5H2;1H4. The number of alkyl halides is 3. The van der Waals surface area contributed by atoms with Crippen LogP contribution < -0.4 is 5.32 Å². The molecule has 0 aliphatic carbocycles. The molecule has 17 heavy (non-hydrogen) atoms. The van der Waals surface area contributed by atoms with Crippen molar-refractivity contribution in [3.63, 3.8) is 0 Å². The quantitative estimate of drug-likeness (QED) is 0.796. The molecular weight excluding hydrogens is 231 g/mol. The van der Waals surface area contributed by atoms with Crippen LogP contribution in [-0.4, -0.2) is 11.7 Å². The average molecular weight is 247 g/mol. The Morgan fingerprint density at radius 1 is 1.29 bits per heavy atom. The molecule has 0 spiro atoms. The molecule has 1 aliphatic rings. The maximum Gasteiger partial charge on any atom is 0.416 e. The molecule has 1 saturated heterocycles. The van der Waals surface area contributed by atoms with E-state index in [1.807, 2.05) is 0 Å². The van der Waals surface area contributed by atoms with Gasteiger partial charge in [-0.3, -0.25) is 0 Å². The largest absolute Gasteiger partial charge is 0.508 e. The number of hydrogen-bond donors (Lipinski definition) is 2. The molecular formula is C12H16F3NO. The molecule has 0 amide bonds. The maximum absolute atomic E-state index is 12.4. The van der Waals surface area contributed by atoms with E-state index in [0.717, 1.165) is 31.5 Å². The summed E-state index contributed by atoms with van der Waals surface area (Å²) in [4.78, 5) is 0. The Morgan fingerprint density at radius 3 is 2.47 bits per heavy atom. The van der Waals surface area contributed by atoms with E-state index in [-0.39, 0.29) is 19.2 Å². The topological polar surface area (TPSA) is 32.3 Å². The van der Waals surface area contributed by atoms with Crippen LogP contribution in [0.1, 0.15) is 37.4 Å². The number of nitrogens with one attached hydrogen (secondary N) is 1. The Kier molecular flexibility index (Phi) is 4.03. The summed E-state index contributed by atoms with van der Waals surface area (Å²) in [5, 5.41) is 12.7. The zero-order chi connectivity index (χ0) is 11.8. The van der Waals surface area contributed by atoms with E-state index in [9.17, 15) is 18.3 Å². The first-order chi connectivity index (χ1) is 7.48. The van der Waals surface area contributed by atoms with E-state index >= 15 is 0 Å². The fourth-order valence-electron chi connectivity index (χ4n) is 1.96. The minimum Gasteiger partial charge on any atom is -0.508 e. The monoisotopic (exact) mass is 247 g/mol. The lowest BCUT2D eigenvalue weighted by molar-refractivity contribution is -0.137. The van der Waals surface area contributed by atoms with Crippen molar-refractivity contribution in [1.29, 1.82) is 0 Å². The van der Waals surface area contributed by atoms with Gasteiger partial charge in [-0.15, -0.1) is 0 Å². The summed E-state index contributed by atoms with van der Waals surface area (Å²) in [6, 6.07) is 3.12. The van der Waals surface area contributed by atoms with Crippen LogP contribution >= 0.6 is 0 Å².